The molecule has 1 N–H and O–H groups in total. The quantitative estimate of drug-likeness (QED) is 0.866. The van der Waals surface area contributed by atoms with E-state index in [4.69, 9.17) is 9.52 Å². The van der Waals surface area contributed by atoms with Gasteiger partial charge in [-0.05, 0) is 18.9 Å². The molecule has 1 aromatic rings. The lowest BCUT2D eigenvalue weighted by molar-refractivity contribution is -0.138. The van der Waals surface area contributed by atoms with Gasteiger partial charge in [-0.25, -0.2) is 0 Å². The summed E-state index contributed by atoms with van der Waals surface area (Å²) in [6.07, 6.45) is 6.65. The number of aliphatic carboxylic acids is 1. The van der Waals surface area contributed by atoms with Gasteiger partial charge in [0.25, 0.3) is 5.91 Å². The summed E-state index contributed by atoms with van der Waals surface area (Å²) >= 11 is 0. The van der Waals surface area contributed by atoms with Crippen molar-refractivity contribution in [1.29, 1.82) is 0 Å². The largest absolute Gasteiger partial charge is 0.480 e. The first-order valence-electron chi connectivity index (χ1n) is 5.73. The van der Waals surface area contributed by atoms with Crippen molar-refractivity contribution in [1.82, 2.24) is 4.90 Å². The van der Waals surface area contributed by atoms with Crippen LogP contribution < -0.4 is 0 Å². The molecular weight excluding hydrogens is 222 g/mol. The molecular formula is C12H15NO4. The fourth-order valence-corrected chi connectivity index (χ4v) is 2.28. The van der Waals surface area contributed by atoms with Crippen molar-refractivity contribution in [3.05, 3.63) is 24.2 Å². The summed E-state index contributed by atoms with van der Waals surface area (Å²) in [6, 6.07) is 1.61. The second-order valence-electron chi connectivity index (χ2n) is 4.28. The predicted molar refractivity (Wildman–Crippen MR) is 59.6 cm³/mol. The third-order valence-electron chi connectivity index (χ3n) is 3.10. The lowest BCUT2D eigenvalue weighted by Gasteiger charge is -2.26. The molecule has 0 atom stereocenters. The van der Waals surface area contributed by atoms with Crippen LogP contribution in [0.25, 0.3) is 0 Å². The van der Waals surface area contributed by atoms with Crippen molar-refractivity contribution in [2.45, 2.75) is 31.7 Å². The van der Waals surface area contributed by atoms with E-state index >= 15 is 0 Å². The summed E-state index contributed by atoms with van der Waals surface area (Å²) in [6.45, 7) is -0.241. The van der Waals surface area contributed by atoms with Gasteiger partial charge in [-0.15, -0.1) is 0 Å². The van der Waals surface area contributed by atoms with E-state index in [1.54, 1.807) is 6.07 Å². The predicted octanol–water partition coefficient (Wildman–Crippen LogP) is 1.75. The highest BCUT2D eigenvalue weighted by Gasteiger charge is 2.29. The fraction of sp³-hybridized carbons (Fsp3) is 0.500. The zero-order valence-corrected chi connectivity index (χ0v) is 9.46. The Morgan fingerprint density at radius 1 is 1.41 bits per heavy atom. The van der Waals surface area contributed by atoms with E-state index in [9.17, 15) is 9.59 Å². The number of nitrogens with zero attached hydrogens (tertiary/aromatic N) is 1. The van der Waals surface area contributed by atoms with Gasteiger partial charge in [-0.1, -0.05) is 12.8 Å². The molecule has 1 saturated carbocycles. The molecule has 0 aliphatic heterocycles. The van der Waals surface area contributed by atoms with Crippen molar-refractivity contribution in [2.75, 3.05) is 6.54 Å². The number of hydrogen-bond donors (Lipinski definition) is 1. The van der Waals surface area contributed by atoms with Crippen LogP contribution >= 0.6 is 0 Å². The number of carboxylic acids is 1. The topological polar surface area (TPSA) is 70.8 Å². The minimum atomic E-state index is -0.978. The van der Waals surface area contributed by atoms with E-state index < -0.39 is 5.97 Å². The molecule has 0 bridgehead atoms. The zero-order valence-electron chi connectivity index (χ0n) is 9.46. The van der Waals surface area contributed by atoms with Crippen LogP contribution in [0.2, 0.25) is 0 Å². The Kier molecular flexibility index (Phi) is 3.46. The van der Waals surface area contributed by atoms with Gasteiger partial charge in [-0.3, -0.25) is 9.59 Å². The number of rotatable bonds is 4. The molecule has 0 spiro atoms. The van der Waals surface area contributed by atoms with E-state index in [0.29, 0.717) is 5.56 Å². The monoisotopic (exact) mass is 237 g/mol. The number of carbonyl (C=O) groups excluding carboxylic acids is 1. The summed E-state index contributed by atoms with van der Waals surface area (Å²) in [5, 5.41) is 8.87. The van der Waals surface area contributed by atoms with E-state index in [0.717, 1.165) is 25.7 Å². The first kappa shape index (κ1) is 11.7. The summed E-state index contributed by atoms with van der Waals surface area (Å²) in [5.74, 6) is -1.23. The number of furan rings is 1. The van der Waals surface area contributed by atoms with E-state index in [1.807, 2.05) is 0 Å². The van der Waals surface area contributed by atoms with Crippen molar-refractivity contribution < 1.29 is 19.1 Å². The van der Waals surface area contributed by atoms with Gasteiger partial charge < -0.3 is 14.4 Å². The maximum absolute atomic E-state index is 12.1. The lowest BCUT2D eigenvalue weighted by atomic mass is 10.1. The standard InChI is InChI=1S/C12H15NO4/c14-11(15)7-13(10-3-1-2-4-10)12(16)9-5-6-17-8-9/h5-6,8,10H,1-4,7H2,(H,14,15). The molecule has 1 aliphatic rings. The van der Waals surface area contributed by atoms with Gasteiger partial charge in [0.15, 0.2) is 0 Å². The molecule has 2 rings (SSSR count). The van der Waals surface area contributed by atoms with Crippen LogP contribution in [0.5, 0.6) is 0 Å². The normalized spacial score (nSPS) is 16.0. The summed E-state index contributed by atoms with van der Waals surface area (Å²) < 4.78 is 4.86. The Bertz CT molecular complexity index is 393. The molecule has 92 valence electrons. The second-order valence-corrected chi connectivity index (χ2v) is 4.28. The number of hydrogen-bond acceptors (Lipinski definition) is 3. The van der Waals surface area contributed by atoms with Crippen LogP contribution in [0.3, 0.4) is 0 Å². The van der Waals surface area contributed by atoms with Gasteiger partial charge in [0.1, 0.15) is 12.8 Å². The molecule has 1 aromatic heterocycles. The van der Waals surface area contributed by atoms with Crippen LogP contribution in [0.1, 0.15) is 36.0 Å². The van der Waals surface area contributed by atoms with Crippen LogP contribution in [0, 0.1) is 0 Å². The van der Waals surface area contributed by atoms with Gasteiger partial charge in [-0.2, -0.15) is 0 Å². The van der Waals surface area contributed by atoms with E-state index in [2.05, 4.69) is 0 Å². The maximum Gasteiger partial charge on any atom is 0.323 e. The molecule has 1 amide bonds. The van der Waals surface area contributed by atoms with Crippen LogP contribution in [0.4, 0.5) is 0 Å². The minimum Gasteiger partial charge on any atom is -0.480 e. The highest BCUT2D eigenvalue weighted by atomic mass is 16.4. The molecule has 1 aliphatic carbocycles. The van der Waals surface area contributed by atoms with Gasteiger partial charge in [0.2, 0.25) is 0 Å². The number of carboxylic acid groups (broad SMARTS) is 1. The van der Waals surface area contributed by atoms with E-state index in [-0.39, 0.29) is 18.5 Å². The summed E-state index contributed by atoms with van der Waals surface area (Å²) in [5.41, 5.74) is 0.415. The molecule has 5 nitrogen and oxygen atoms in total. The van der Waals surface area contributed by atoms with Gasteiger partial charge >= 0.3 is 5.97 Å². The lowest BCUT2D eigenvalue weighted by Crippen LogP contribution is -2.42. The van der Waals surface area contributed by atoms with Gasteiger partial charge in [0, 0.05) is 6.04 Å². The Balaban J connectivity index is 2.14. The van der Waals surface area contributed by atoms with Crippen LogP contribution in [-0.4, -0.2) is 34.5 Å². The molecule has 0 aromatic carbocycles. The highest BCUT2D eigenvalue weighted by molar-refractivity contribution is 5.95. The minimum absolute atomic E-state index is 0.0495. The second kappa shape index (κ2) is 5.03. The van der Waals surface area contributed by atoms with Crippen molar-refractivity contribution in [2.24, 2.45) is 0 Å². The first-order chi connectivity index (χ1) is 8.18. The average Bonchev–Trinajstić information content (AvgIpc) is 2.96. The Labute approximate surface area is 99.0 Å². The van der Waals surface area contributed by atoms with Crippen molar-refractivity contribution in [3.63, 3.8) is 0 Å². The first-order valence-corrected chi connectivity index (χ1v) is 5.73. The molecule has 17 heavy (non-hydrogen) atoms. The number of amides is 1. The van der Waals surface area contributed by atoms with Crippen LogP contribution in [0.15, 0.2) is 23.0 Å². The average molecular weight is 237 g/mol. The maximum atomic E-state index is 12.1. The summed E-state index contributed by atoms with van der Waals surface area (Å²) in [4.78, 5) is 24.4. The molecule has 1 fully saturated rings. The summed E-state index contributed by atoms with van der Waals surface area (Å²) in [7, 11) is 0. The third-order valence-corrected chi connectivity index (χ3v) is 3.10. The van der Waals surface area contributed by atoms with Crippen molar-refractivity contribution >= 4 is 11.9 Å². The molecule has 0 unspecified atom stereocenters. The Morgan fingerprint density at radius 3 is 2.65 bits per heavy atom. The molecule has 1 heterocycles. The SMILES string of the molecule is O=C(O)CN(C(=O)c1ccoc1)C1CCCC1. The molecule has 0 radical (unpaired) electrons. The highest BCUT2D eigenvalue weighted by Crippen LogP contribution is 2.24. The van der Waals surface area contributed by atoms with Crippen molar-refractivity contribution in [3.8, 4) is 0 Å². The van der Waals surface area contributed by atoms with Crippen LogP contribution in [-0.2, 0) is 4.79 Å². The zero-order chi connectivity index (χ0) is 12.3. The Hall–Kier alpha value is -1.78. The Morgan fingerprint density at radius 2 is 2.12 bits per heavy atom. The molecule has 0 saturated heterocycles. The molecule has 5 heteroatoms. The van der Waals surface area contributed by atoms with E-state index in [1.165, 1.54) is 17.4 Å². The smallest absolute Gasteiger partial charge is 0.323 e. The van der Waals surface area contributed by atoms with Gasteiger partial charge in [0.05, 0.1) is 11.8 Å². The number of carbonyl (C=O) groups is 2. The third kappa shape index (κ3) is 2.67. The fourth-order valence-electron chi connectivity index (χ4n) is 2.28.